The molecule has 35 heavy (non-hydrogen) atoms. The molecule has 8 heteroatoms. The van der Waals surface area contributed by atoms with Crippen molar-refractivity contribution in [2.24, 2.45) is 5.16 Å². The molecule has 0 radical (unpaired) electrons. The van der Waals surface area contributed by atoms with Crippen LogP contribution in [0.25, 0.3) is 11.1 Å². The Kier molecular flexibility index (Phi) is 7.84. The lowest BCUT2D eigenvalue weighted by molar-refractivity contribution is -0.136. The van der Waals surface area contributed by atoms with Crippen molar-refractivity contribution in [2.45, 2.75) is 19.0 Å². The van der Waals surface area contributed by atoms with Crippen molar-refractivity contribution in [3.8, 4) is 11.1 Å². The number of aromatic nitrogens is 1. The van der Waals surface area contributed by atoms with E-state index in [1.807, 2.05) is 54.6 Å². The number of hydrogen-bond acceptors (Lipinski definition) is 6. The van der Waals surface area contributed by atoms with Crippen LogP contribution in [0.3, 0.4) is 0 Å². The molecule has 1 aromatic heterocycles. The van der Waals surface area contributed by atoms with Crippen molar-refractivity contribution in [1.29, 1.82) is 0 Å². The Hall–Kier alpha value is -4.04. The van der Waals surface area contributed by atoms with Gasteiger partial charge >= 0.3 is 0 Å². The molecule has 1 fully saturated rings. The third-order valence-electron chi connectivity index (χ3n) is 5.95. The van der Waals surface area contributed by atoms with Crippen LogP contribution in [-0.4, -0.2) is 70.3 Å². The van der Waals surface area contributed by atoms with Gasteiger partial charge in [-0.15, -0.1) is 0 Å². The highest BCUT2D eigenvalue weighted by atomic mass is 16.6. The maximum Gasteiger partial charge on any atom is 0.254 e. The summed E-state index contributed by atoms with van der Waals surface area (Å²) in [5, 5.41) is 13.6. The Bertz CT molecular complexity index is 1170. The predicted molar refractivity (Wildman–Crippen MR) is 133 cm³/mol. The van der Waals surface area contributed by atoms with Crippen LogP contribution >= 0.6 is 0 Å². The number of carbonyl (C=O) groups is 2. The molecular formula is C27H28N4O4. The molecule has 0 saturated carbocycles. The molecule has 1 atom stereocenters. The van der Waals surface area contributed by atoms with Gasteiger partial charge in [-0.05, 0) is 34.9 Å². The van der Waals surface area contributed by atoms with E-state index in [4.69, 9.17) is 4.84 Å². The molecule has 2 amide bonds. The first-order valence-corrected chi connectivity index (χ1v) is 11.4. The Morgan fingerprint density at radius 1 is 1.09 bits per heavy atom. The Morgan fingerprint density at radius 2 is 1.86 bits per heavy atom. The van der Waals surface area contributed by atoms with Crippen molar-refractivity contribution < 1.29 is 19.5 Å². The highest BCUT2D eigenvalue weighted by molar-refractivity contribution is 6.05. The average Bonchev–Trinajstić information content (AvgIpc) is 3.33. The number of rotatable bonds is 8. The molecule has 180 valence electrons. The molecule has 2 aromatic carbocycles. The number of hydrogen-bond donors (Lipinski definition) is 1. The lowest BCUT2D eigenvalue weighted by Crippen LogP contribution is -2.48. The van der Waals surface area contributed by atoms with Crippen LogP contribution in [0.4, 0.5) is 0 Å². The van der Waals surface area contributed by atoms with Crippen molar-refractivity contribution >= 4 is 17.5 Å². The SMILES string of the molecule is CON=C1C[C@@H](C(=O)N(CCO)Cc2ccccc2)N(C(=O)c2ccc(-c3cccnc3)cc2)C1. The topological polar surface area (TPSA) is 95.3 Å². The molecule has 4 rings (SSSR count). The zero-order valence-electron chi connectivity index (χ0n) is 19.6. The third-order valence-corrected chi connectivity index (χ3v) is 5.95. The van der Waals surface area contributed by atoms with E-state index in [0.29, 0.717) is 17.8 Å². The lowest BCUT2D eigenvalue weighted by atomic mass is 10.0. The highest BCUT2D eigenvalue weighted by Gasteiger charge is 2.40. The summed E-state index contributed by atoms with van der Waals surface area (Å²) in [4.78, 5) is 39.3. The van der Waals surface area contributed by atoms with Gasteiger partial charge in [-0.25, -0.2) is 0 Å². The van der Waals surface area contributed by atoms with Crippen LogP contribution < -0.4 is 0 Å². The van der Waals surface area contributed by atoms with Crippen LogP contribution in [0.5, 0.6) is 0 Å². The van der Waals surface area contributed by atoms with Crippen molar-refractivity contribution in [1.82, 2.24) is 14.8 Å². The predicted octanol–water partition coefficient (Wildman–Crippen LogP) is 2.99. The number of carbonyl (C=O) groups excluding carboxylic acids is 2. The molecule has 1 N–H and O–H groups in total. The number of oxime groups is 1. The van der Waals surface area contributed by atoms with Crippen molar-refractivity contribution in [2.75, 3.05) is 26.8 Å². The first-order chi connectivity index (χ1) is 17.1. The van der Waals surface area contributed by atoms with Crippen LogP contribution in [-0.2, 0) is 16.2 Å². The highest BCUT2D eigenvalue weighted by Crippen LogP contribution is 2.24. The number of aliphatic hydroxyl groups is 1. The maximum absolute atomic E-state index is 13.6. The Morgan fingerprint density at radius 3 is 2.51 bits per heavy atom. The molecule has 0 unspecified atom stereocenters. The molecule has 0 aliphatic carbocycles. The van der Waals surface area contributed by atoms with Gasteiger partial charge in [-0.1, -0.05) is 53.7 Å². The second kappa shape index (κ2) is 11.4. The van der Waals surface area contributed by atoms with E-state index in [-0.39, 0.29) is 37.9 Å². The van der Waals surface area contributed by atoms with E-state index in [2.05, 4.69) is 10.1 Å². The van der Waals surface area contributed by atoms with E-state index in [9.17, 15) is 14.7 Å². The van der Waals surface area contributed by atoms with Crippen molar-refractivity contribution in [3.63, 3.8) is 0 Å². The summed E-state index contributed by atoms with van der Waals surface area (Å²) < 4.78 is 0. The molecule has 1 aliphatic rings. The molecule has 8 nitrogen and oxygen atoms in total. The molecule has 0 spiro atoms. The average molecular weight is 473 g/mol. The zero-order chi connectivity index (χ0) is 24.6. The number of benzene rings is 2. The summed E-state index contributed by atoms with van der Waals surface area (Å²) in [7, 11) is 1.44. The fourth-order valence-corrected chi connectivity index (χ4v) is 4.24. The summed E-state index contributed by atoms with van der Waals surface area (Å²) >= 11 is 0. The van der Waals surface area contributed by atoms with Crippen LogP contribution in [0.15, 0.2) is 84.3 Å². The molecule has 2 heterocycles. The van der Waals surface area contributed by atoms with Gasteiger partial charge in [-0.3, -0.25) is 14.6 Å². The fourth-order valence-electron chi connectivity index (χ4n) is 4.24. The van der Waals surface area contributed by atoms with Crippen LogP contribution in [0.1, 0.15) is 22.3 Å². The van der Waals surface area contributed by atoms with Gasteiger partial charge in [0.1, 0.15) is 13.2 Å². The van der Waals surface area contributed by atoms with E-state index in [1.54, 1.807) is 29.4 Å². The van der Waals surface area contributed by atoms with E-state index in [1.165, 1.54) is 12.0 Å². The van der Waals surface area contributed by atoms with Gasteiger partial charge in [-0.2, -0.15) is 0 Å². The second-order valence-electron chi connectivity index (χ2n) is 8.28. The van der Waals surface area contributed by atoms with E-state index < -0.39 is 6.04 Å². The fraction of sp³-hybridized carbons (Fsp3) is 0.259. The van der Waals surface area contributed by atoms with E-state index >= 15 is 0 Å². The number of amides is 2. The summed E-state index contributed by atoms with van der Waals surface area (Å²) in [5.74, 6) is -0.490. The van der Waals surface area contributed by atoms with Crippen molar-refractivity contribution in [3.05, 3.63) is 90.3 Å². The largest absolute Gasteiger partial charge is 0.399 e. The smallest absolute Gasteiger partial charge is 0.254 e. The minimum Gasteiger partial charge on any atom is -0.399 e. The summed E-state index contributed by atoms with van der Waals surface area (Å²) in [6.07, 6.45) is 3.76. The monoisotopic (exact) mass is 472 g/mol. The molecule has 3 aromatic rings. The minimum absolute atomic E-state index is 0.169. The normalized spacial score (nSPS) is 16.3. The summed E-state index contributed by atoms with van der Waals surface area (Å²) in [5.41, 5.74) is 3.95. The van der Waals surface area contributed by atoms with Gasteiger partial charge in [0.15, 0.2) is 0 Å². The standard InChI is InChI=1S/C27H28N4O4/c1-35-29-24-16-25(27(34)30(14-15-32)18-20-6-3-2-4-7-20)31(19-24)26(33)22-11-9-21(10-12-22)23-8-5-13-28-17-23/h2-13,17,25,32H,14-16,18-19H2,1H3/t25-/m0/s1. The molecule has 1 saturated heterocycles. The van der Waals surface area contributed by atoms with Crippen LogP contribution in [0, 0.1) is 0 Å². The first-order valence-electron chi connectivity index (χ1n) is 11.4. The summed E-state index contributed by atoms with van der Waals surface area (Å²) in [6, 6.07) is 19.9. The molecule has 1 aliphatic heterocycles. The quantitative estimate of drug-likeness (QED) is 0.509. The Labute approximate surface area is 204 Å². The van der Waals surface area contributed by atoms with Crippen LogP contribution in [0.2, 0.25) is 0 Å². The molecular weight excluding hydrogens is 444 g/mol. The minimum atomic E-state index is -0.732. The number of nitrogens with zero attached hydrogens (tertiary/aromatic N) is 4. The molecule has 0 bridgehead atoms. The lowest BCUT2D eigenvalue weighted by Gasteiger charge is -2.30. The first kappa shape index (κ1) is 24.1. The third kappa shape index (κ3) is 5.73. The number of pyridine rings is 1. The van der Waals surface area contributed by atoms with Gasteiger partial charge in [0.05, 0.1) is 18.9 Å². The summed E-state index contributed by atoms with van der Waals surface area (Å²) in [6.45, 7) is 0.540. The van der Waals surface area contributed by atoms with Gasteiger partial charge < -0.3 is 19.7 Å². The Balaban J connectivity index is 1.57. The van der Waals surface area contributed by atoms with Gasteiger partial charge in [0.2, 0.25) is 5.91 Å². The van der Waals surface area contributed by atoms with Gasteiger partial charge in [0.25, 0.3) is 5.91 Å². The number of likely N-dealkylation sites (tertiary alicyclic amines) is 1. The maximum atomic E-state index is 13.6. The van der Waals surface area contributed by atoms with E-state index in [0.717, 1.165) is 16.7 Å². The number of aliphatic hydroxyl groups excluding tert-OH is 1. The zero-order valence-corrected chi connectivity index (χ0v) is 19.6. The second-order valence-corrected chi connectivity index (χ2v) is 8.28. The van der Waals surface area contributed by atoms with Gasteiger partial charge in [0, 0.05) is 37.5 Å².